The predicted molar refractivity (Wildman–Crippen MR) is 92.8 cm³/mol. The molecule has 0 amide bonds. The first-order valence-corrected chi connectivity index (χ1v) is 9.21. The van der Waals surface area contributed by atoms with E-state index in [1.165, 1.54) is 31.6 Å². The molecule has 0 radical (unpaired) electrons. The molecule has 118 valence electrons. The molecule has 22 heavy (non-hydrogen) atoms. The summed E-state index contributed by atoms with van der Waals surface area (Å²) in [5.41, 5.74) is 2.36. The van der Waals surface area contributed by atoms with Gasteiger partial charge in [-0.2, -0.15) is 0 Å². The van der Waals surface area contributed by atoms with Gasteiger partial charge < -0.3 is 9.80 Å². The number of quaternary nitrogens is 2. The van der Waals surface area contributed by atoms with Crippen molar-refractivity contribution in [2.24, 2.45) is 0 Å². The van der Waals surface area contributed by atoms with Gasteiger partial charge >= 0.3 is 0 Å². The quantitative estimate of drug-likeness (QED) is 0.858. The Labute approximate surface area is 141 Å². The Morgan fingerprint density at radius 3 is 2.64 bits per heavy atom. The number of likely N-dealkylation sites (tertiary alicyclic amines) is 1. The van der Waals surface area contributed by atoms with Crippen molar-refractivity contribution in [3.8, 4) is 10.6 Å². The Kier molecular flexibility index (Phi) is 5.14. The van der Waals surface area contributed by atoms with E-state index in [9.17, 15) is 0 Å². The predicted octanol–water partition coefficient (Wildman–Crippen LogP) is 1.16. The Hall–Kier alpha value is -0.940. The fourth-order valence-electron chi connectivity index (χ4n) is 3.15. The topological polar surface area (TPSA) is 21.8 Å². The average Bonchev–Trinajstić information content (AvgIpc) is 2.97. The standard InChI is InChI=1S/C17H22ClN3S/c1-20-9-7-16(8-10-20)21(2)11-15-12-22-17(19-15)13-3-5-14(18)6-4-13/h3-6,12,16H,7-11H2,1-2H3/p+2. The number of rotatable bonds is 4. The molecule has 3 nitrogen and oxygen atoms in total. The summed E-state index contributed by atoms with van der Waals surface area (Å²) >= 11 is 7.67. The van der Waals surface area contributed by atoms with E-state index in [1.54, 1.807) is 21.1 Å². The van der Waals surface area contributed by atoms with Crippen LogP contribution in [0.25, 0.3) is 10.6 Å². The second kappa shape index (κ2) is 7.09. The molecule has 0 bridgehead atoms. The van der Waals surface area contributed by atoms with Crippen LogP contribution in [0, 0.1) is 0 Å². The number of hydrogen-bond donors (Lipinski definition) is 2. The zero-order valence-corrected chi connectivity index (χ0v) is 14.8. The van der Waals surface area contributed by atoms with Crippen molar-refractivity contribution < 1.29 is 9.80 Å². The second-order valence-corrected chi connectivity index (χ2v) is 7.70. The van der Waals surface area contributed by atoms with Crippen LogP contribution in [0.1, 0.15) is 18.5 Å². The highest BCUT2D eigenvalue weighted by molar-refractivity contribution is 7.13. The monoisotopic (exact) mass is 337 g/mol. The van der Waals surface area contributed by atoms with Gasteiger partial charge in [0.25, 0.3) is 0 Å². The van der Waals surface area contributed by atoms with Crippen molar-refractivity contribution in [1.29, 1.82) is 0 Å². The number of benzene rings is 1. The molecule has 1 aromatic heterocycles. The van der Waals surface area contributed by atoms with Crippen LogP contribution in [0.2, 0.25) is 5.02 Å². The van der Waals surface area contributed by atoms with Crippen LogP contribution < -0.4 is 9.80 Å². The number of aromatic nitrogens is 1. The summed E-state index contributed by atoms with van der Waals surface area (Å²) in [5.74, 6) is 0. The average molecular weight is 338 g/mol. The van der Waals surface area contributed by atoms with Crippen LogP contribution in [-0.2, 0) is 6.54 Å². The van der Waals surface area contributed by atoms with E-state index in [-0.39, 0.29) is 0 Å². The molecule has 5 heteroatoms. The molecule has 1 aliphatic rings. The minimum absolute atomic E-state index is 0.772. The first kappa shape index (κ1) is 15.9. The fraction of sp³-hybridized carbons (Fsp3) is 0.471. The highest BCUT2D eigenvalue weighted by Crippen LogP contribution is 2.24. The van der Waals surface area contributed by atoms with E-state index in [4.69, 9.17) is 16.6 Å². The van der Waals surface area contributed by atoms with Gasteiger partial charge in [0.15, 0.2) is 0 Å². The van der Waals surface area contributed by atoms with Crippen molar-refractivity contribution in [2.75, 3.05) is 27.2 Å². The molecule has 1 atom stereocenters. The number of halogens is 1. The number of nitrogens with one attached hydrogen (secondary N) is 2. The molecule has 1 saturated heterocycles. The summed E-state index contributed by atoms with van der Waals surface area (Å²) in [7, 11) is 4.61. The normalized spacial score (nSPS) is 23.4. The van der Waals surface area contributed by atoms with Crippen LogP contribution in [0.4, 0.5) is 0 Å². The minimum Gasteiger partial charge on any atom is -0.337 e. The summed E-state index contributed by atoms with van der Waals surface area (Å²) in [5, 5.41) is 4.06. The summed E-state index contributed by atoms with van der Waals surface area (Å²) in [6.07, 6.45) is 2.65. The Morgan fingerprint density at radius 2 is 1.95 bits per heavy atom. The van der Waals surface area contributed by atoms with Gasteiger partial charge in [0.2, 0.25) is 0 Å². The van der Waals surface area contributed by atoms with Gasteiger partial charge in [0, 0.05) is 28.8 Å². The van der Waals surface area contributed by atoms with Gasteiger partial charge in [-0.1, -0.05) is 23.7 Å². The lowest BCUT2D eigenvalue weighted by Gasteiger charge is -2.30. The number of piperidine rings is 1. The zero-order valence-electron chi connectivity index (χ0n) is 13.2. The maximum Gasteiger partial charge on any atom is 0.123 e. The first-order valence-electron chi connectivity index (χ1n) is 7.96. The van der Waals surface area contributed by atoms with Gasteiger partial charge in [-0.25, -0.2) is 4.98 Å². The third-order valence-electron chi connectivity index (χ3n) is 4.64. The van der Waals surface area contributed by atoms with Crippen molar-refractivity contribution in [3.63, 3.8) is 0 Å². The summed E-state index contributed by atoms with van der Waals surface area (Å²) in [4.78, 5) is 8.08. The Bertz CT molecular complexity index is 603. The molecular formula is C17H24ClN3S+2. The van der Waals surface area contributed by atoms with Crippen LogP contribution >= 0.6 is 22.9 Å². The van der Waals surface area contributed by atoms with Crippen molar-refractivity contribution >= 4 is 22.9 Å². The maximum absolute atomic E-state index is 5.95. The molecule has 0 saturated carbocycles. The lowest BCUT2D eigenvalue weighted by molar-refractivity contribution is -0.948. The summed E-state index contributed by atoms with van der Waals surface area (Å²) < 4.78 is 0. The molecule has 2 N–H and O–H groups in total. The summed E-state index contributed by atoms with van der Waals surface area (Å²) in [6, 6.07) is 8.72. The van der Waals surface area contributed by atoms with E-state index in [2.05, 4.69) is 19.5 Å². The van der Waals surface area contributed by atoms with E-state index < -0.39 is 0 Å². The molecule has 2 heterocycles. The zero-order chi connectivity index (χ0) is 15.5. The van der Waals surface area contributed by atoms with E-state index in [0.29, 0.717) is 0 Å². The molecule has 1 unspecified atom stereocenters. The van der Waals surface area contributed by atoms with Crippen LogP contribution in [0.5, 0.6) is 0 Å². The Balaban J connectivity index is 1.63. The molecule has 0 aliphatic carbocycles. The third-order valence-corrected chi connectivity index (χ3v) is 5.83. The molecule has 3 rings (SSSR count). The largest absolute Gasteiger partial charge is 0.337 e. The summed E-state index contributed by atoms with van der Waals surface area (Å²) in [6.45, 7) is 3.62. The van der Waals surface area contributed by atoms with Gasteiger partial charge in [-0.05, 0) is 12.1 Å². The molecule has 2 aromatic rings. The smallest absolute Gasteiger partial charge is 0.123 e. The highest BCUT2D eigenvalue weighted by Gasteiger charge is 2.26. The molecule has 1 aromatic carbocycles. The van der Waals surface area contributed by atoms with Crippen molar-refractivity contribution in [3.05, 3.63) is 40.4 Å². The number of hydrogen-bond acceptors (Lipinski definition) is 2. The molecule has 1 aliphatic heterocycles. The fourth-order valence-corrected chi connectivity index (χ4v) is 4.10. The second-order valence-electron chi connectivity index (χ2n) is 6.41. The maximum atomic E-state index is 5.95. The highest BCUT2D eigenvalue weighted by atomic mass is 35.5. The number of nitrogens with zero attached hydrogens (tertiary/aromatic N) is 1. The van der Waals surface area contributed by atoms with Gasteiger partial charge in [-0.15, -0.1) is 11.3 Å². The molecule has 1 fully saturated rings. The lowest BCUT2D eigenvalue weighted by Crippen LogP contribution is -3.17. The van der Waals surface area contributed by atoms with Gasteiger partial charge in [0.05, 0.1) is 33.2 Å². The Morgan fingerprint density at radius 1 is 1.27 bits per heavy atom. The van der Waals surface area contributed by atoms with Crippen LogP contribution in [0.3, 0.4) is 0 Å². The SMILES string of the molecule is C[NH+]1CCC([NH+](C)Cc2csc(-c3ccc(Cl)cc3)n2)CC1. The molecular weight excluding hydrogens is 314 g/mol. The van der Waals surface area contributed by atoms with E-state index in [0.717, 1.165) is 28.2 Å². The van der Waals surface area contributed by atoms with Crippen molar-refractivity contribution in [1.82, 2.24) is 4.98 Å². The molecule has 0 spiro atoms. The van der Waals surface area contributed by atoms with Crippen LogP contribution in [0.15, 0.2) is 29.6 Å². The third kappa shape index (κ3) is 3.87. The van der Waals surface area contributed by atoms with E-state index in [1.807, 2.05) is 24.3 Å². The first-order chi connectivity index (χ1) is 10.6. The van der Waals surface area contributed by atoms with Gasteiger partial charge in [0.1, 0.15) is 17.2 Å². The number of thiazole rings is 1. The minimum atomic E-state index is 0.772. The van der Waals surface area contributed by atoms with Gasteiger partial charge in [-0.3, -0.25) is 0 Å². The van der Waals surface area contributed by atoms with Crippen LogP contribution in [-0.4, -0.2) is 38.2 Å². The van der Waals surface area contributed by atoms with Crippen molar-refractivity contribution in [2.45, 2.75) is 25.4 Å². The van der Waals surface area contributed by atoms with E-state index >= 15 is 0 Å². The lowest BCUT2D eigenvalue weighted by atomic mass is 10.0.